The normalized spacial score (nSPS) is 27.1. The lowest BCUT2D eigenvalue weighted by Crippen LogP contribution is -2.44. The average Bonchev–Trinajstić information content (AvgIpc) is 2.44. The van der Waals surface area contributed by atoms with Crippen molar-refractivity contribution in [3.63, 3.8) is 0 Å². The van der Waals surface area contributed by atoms with Gasteiger partial charge in [0.15, 0.2) is 0 Å². The van der Waals surface area contributed by atoms with E-state index in [1.807, 2.05) is 0 Å². The predicted molar refractivity (Wildman–Crippen MR) is 87.0 cm³/mol. The summed E-state index contributed by atoms with van der Waals surface area (Å²) >= 11 is 0. The molecule has 0 saturated heterocycles. The first-order valence-electron chi connectivity index (χ1n) is 8.67. The van der Waals surface area contributed by atoms with Crippen molar-refractivity contribution in [2.24, 2.45) is 11.8 Å². The Kier molecular flexibility index (Phi) is 9.49. The fourth-order valence-electron chi connectivity index (χ4n) is 3.78. The van der Waals surface area contributed by atoms with Crippen molar-refractivity contribution < 1.29 is 5.11 Å². The van der Waals surface area contributed by atoms with E-state index in [0.717, 1.165) is 24.7 Å². The number of aliphatic hydroxyl groups excluding tert-OH is 1. The van der Waals surface area contributed by atoms with Crippen molar-refractivity contribution in [3.05, 3.63) is 0 Å². The molecule has 120 valence electrons. The zero-order valence-electron chi connectivity index (χ0n) is 13.9. The lowest BCUT2D eigenvalue weighted by atomic mass is 9.76. The number of aliphatic hydroxyl groups is 1. The summed E-state index contributed by atoms with van der Waals surface area (Å²) in [5, 5.41) is 12.4. The molecule has 0 aromatic heterocycles. The molecule has 0 aromatic rings. The van der Waals surface area contributed by atoms with Gasteiger partial charge < -0.3 is 15.3 Å². The number of hydrogen-bond donors (Lipinski definition) is 2. The Morgan fingerprint density at radius 1 is 1.20 bits per heavy atom. The summed E-state index contributed by atoms with van der Waals surface area (Å²) in [6, 6.07) is 0.711. The van der Waals surface area contributed by atoms with Crippen LogP contribution in [-0.2, 0) is 0 Å². The fraction of sp³-hybridized carbons (Fsp3) is 1.00. The van der Waals surface area contributed by atoms with Crippen LogP contribution in [0.3, 0.4) is 0 Å². The molecule has 3 nitrogen and oxygen atoms in total. The summed E-state index contributed by atoms with van der Waals surface area (Å²) in [6.45, 7) is 5.05. The predicted octanol–water partition coefficient (Wildman–Crippen LogP) is 2.89. The van der Waals surface area contributed by atoms with Gasteiger partial charge in [-0.3, -0.25) is 0 Å². The van der Waals surface area contributed by atoms with Gasteiger partial charge in [0, 0.05) is 19.2 Å². The van der Waals surface area contributed by atoms with Crippen molar-refractivity contribution >= 4 is 0 Å². The first-order chi connectivity index (χ1) is 9.71. The van der Waals surface area contributed by atoms with Crippen LogP contribution >= 0.6 is 0 Å². The molecule has 1 fully saturated rings. The third kappa shape index (κ3) is 6.55. The van der Waals surface area contributed by atoms with Crippen LogP contribution in [0.1, 0.15) is 58.3 Å². The highest BCUT2D eigenvalue weighted by molar-refractivity contribution is 4.85. The molecule has 0 amide bonds. The van der Waals surface area contributed by atoms with E-state index >= 15 is 0 Å². The van der Waals surface area contributed by atoms with Crippen molar-refractivity contribution in [2.75, 3.05) is 33.8 Å². The minimum absolute atomic E-state index is 0.340. The highest BCUT2D eigenvalue weighted by atomic mass is 16.2. The van der Waals surface area contributed by atoms with Gasteiger partial charge in [-0.1, -0.05) is 19.8 Å². The van der Waals surface area contributed by atoms with Crippen molar-refractivity contribution in [1.82, 2.24) is 10.2 Å². The highest BCUT2D eigenvalue weighted by Crippen LogP contribution is 2.32. The van der Waals surface area contributed by atoms with Gasteiger partial charge in [0.1, 0.15) is 0 Å². The van der Waals surface area contributed by atoms with Crippen molar-refractivity contribution in [1.29, 1.82) is 0 Å². The second-order valence-corrected chi connectivity index (χ2v) is 6.67. The zero-order chi connectivity index (χ0) is 14.8. The van der Waals surface area contributed by atoms with Crippen molar-refractivity contribution in [3.8, 4) is 0 Å². The lowest BCUT2D eigenvalue weighted by molar-refractivity contribution is 0.152. The summed E-state index contributed by atoms with van der Waals surface area (Å²) in [6.07, 6.45) is 10.2. The van der Waals surface area contributed by atoms with Gasteiger partial charge in [-0.15, -0.1) is 0 Å². The van der Waals surface area contributed by atoms with Gasteiger partial charge in [0.05, 0.1) is 0 Å². The van der Waals surface area contributed by atoms with Crippen LogP contribution in [0.2, 0.25) is 0 Å². The first kappa shape index (κ1) is 17.9. The van der Waals surface area contributed by atoms with E-state index in [1.165, 1.54) is 51.6 Å². The van der Waals surface area contributed by atoms with E-state index in [0.29, 0.717) is 12.6 Å². The Balaban J connectivity index is 2.32. The molecule has 3 unspecified atom stereocenters. The SMILES string of the molecule is CCCC1CCC(NC)C(CN(C)CCCCCO)C1. The summed E-state index contributed by atoms with van der Waals surface area (Å²) in [4.78, 5) is 2.50. The second-order valence-electron chi connectivity index (χ2n) is 6.67. The third-order valence-corrected chi connectivity index (χ3v) is 4.90. The van der Waals surface area contributed by atoms with Gasteiger partial charge in [-0.05, 0) is 71.0 Å². The van der Waals surface area contributed by atoms with E-state index in [2.05, 4.69) is 31.2 Å². The van der Waals surface area contributed by atoms with Gasteiger partial charge >= 0.3 is 0 Å². The number of nitrogens with zero attached hydrogens (tertiary/aromatic N) is 1. The minimum Gasteiger partial charge on any atom is -0.396 e. The molecule has 0 bridgehead atoms. The van der Waals surface area contributed by atoms with Crippen LogP contribution in [0.25, 0.3) is 0 Å². The van der Waals surface area contributed by atoms with E-state index < -0.39 is 0 Å². The number of rotatable bonds is 10. The maximum Gasteiger partial charge on any atom is 0.0431 e. The first-order valence-corrected chi connectivity index (χ1v) is 8.67. The Hall–Kier alpha value is -0.120. The maximum absolute atomic E-state index is 8.82. The standard InChI is InChI=1S/C17H36N2O/c1-4-8-15-9-10-17(18-2)16(13-15)14-19(3)11-6-5-7-12-20/h15-18,20H,4-14H2,1-3H3. The quantitative estimate of drug-likeness (QED) is 0.606. The third-order valence-electron chi connectivity index (χ3n) is 4.90. The minimum atomic E-state index is 0.340. The molecule has 0 aliphatic heterocycles. The molecular weight excluding hydrogens is 248 g/mol. The number of hydrogen-bond acceptors (Lipinski definition) is 3. The summed E-state index contributed by atoms with van der Waals surface area (Å²) < 4.78 is 0. The van der Waals surface area contributed by atoms with Gasteiger partial charge in [-0.25, -0.2) is 0 Å². The lowest BCUT2D eigenvalue weighted by Gasteiger charge is -2.38. The molecule has 1 saturated carbocycles. The van der Waals surface area contributed by atoms with E-state index in [1.54, 1.807) is 0 Å². The molecule has 1 aliphatic carbocycles. The average molecular weight is 284 g/mol. The molecule has 0 heterocycles. The Morgan fingerprint density at radius 3 is 2.65 bits per heavy atom. The molecule has 1 aliphatic rings. The zero-order valence-corrected chi connectivity index (χ0v) is 13.9. The molecule has 0 radical (unpaired) electrons. The summed E-state index contributed by atoms with van der Waals surface area (Å²) in [7, 11) is 4.38. The van der Waals surface area contributed by atoms with E-state index in [4.69, 9.17) is 5.11 Å². The van der Waals surface area contributed by atoms with Gasteiger partial charge in [0.2, 0.25) is 0 Å². The monoisotopic (exact) mass is 284 g/mol. The largest absolute Gasteiger partial charge is 0.396 e. The van der Waals surface area contributed by atoms with Crippen LogP contribution in [0.15, 0.2) is 0 Å². The van der Waals surface area contributed by atoms with Crippen LogP contribution < -0.4 is 5.32 Å². The second kappa shape index (κ2) is 10.6. The molecule has 0 spiro atoms. The molecule has 3 atom stereocenters. The number of nitrogens with one attached hydrogen (secondary N) is 1. The molecular formula is C17H36N2O. The van der Waals surface area contributed by atoms with E-state index in [-0.39, 0.29) is 0 Å². The smallest absolute Gasteiger partial charge is 0.0431 e. The Labute approximate surface area is 126 Å². The van der Waals surface area contributed by atoms with Crippen LogP contribution in [0.5, 0.6) is 0 Å². The fourth-order valence-corrected chi connectivity index (χ4v) is 3.78. The highest BCUT2D eigenvalue weighted by Gasteiger charge is 2.29. The van der Waals surface area contributed by atoms with Crippen LogP contribution in [-0.4, -0.2) is 49.8 Å². The molecule has 3 heteroatoms. The summed E-state index contributed by atoms with van der Waals surface area (Å²) in [5.74, 6) is 1.77. The van der Waals surface area contributed by atoms with Crippen molar-refractivity contribution in [2.45, 2.75) is 64.3 Å². The molecule has 20 heavy (non-hydrogen) atoms. The molecule has 2 N–H and O–H groups in total. The van der Waals surface area contributed by atoms with Crippen LogP contribution in [0.4, 0.5) is 0 Å². The topological polar surface area (TPSA) is 35.5 Å². The Bertz CT molecular complexity index is 235. The van der Waals surface area contributed by atoms with Crippen LogP contribution in [0, 0.1) is 11.8 Å². The van der Waals surface area contributed by atoms with E-state index in [9.17, 15) is 0 Å². The summed E-state index contributed by atoms with van der Waals surface area (Å²) in [5.41, 5.74) is 0. The Morgan fingerprint density at radius 2 is 2.00 bits per heavy atom. The molecule has 0 aromatic carbocycles. The molecule has 1 rings (SSSR count). The number of unbranched alkanes of at least 4 members (excludes halogenated alkanes) is 2. The van der Waals surface area contributed by atoms with Gasteiger partial charge in [-0.2, -0.15) is 0 Å². The maximum atomic E-state index is 8.82. The van der Waals surface area contributed by atoms with Gasteiger partial charge in [0.25, 0.3) is 0 Å².